The van der Waals surface area contributed by atoms with Gasteiger partial charge in [-0.05, 0) is 29.6 Å². The summed E-state index contributed by atoms with van der Waals surface area (Å²) < 4.78 is 22.3. The Hall–Kier alpha value is -0.256. The molecule has 0 heterocycles. The first-order chi connectivity index (χ1) is 11.6. The Bertz CT molecular complexity index is 357. The van der Waals surface area contributed by atoms with Gasteiger partial charge in [-0.2, -0.15) is 0 Å². The zero-order chi connectivity index (χ0) is 19.7. The average molecular weight is 394 g/mol. The summed E-state index contributed by atoms with van der Waals surface area (Å²) in [7, 11) is 0.151. The number of carbonyl (C=O) groups is 1. The van der Waals surface area contributed by atoms with Crippen LogP contribution in [0, 0.1) is 0 Å². The van der Waals surface area contributed by atoms with Gasteiger partial charge in [-0.15, -0.1) is 0 Å². The summed E-state index contributed by atoms with van der Waals surface area (Å²) in [4.78, 5) is 12.4. The molecule has 0 bridgehead atoms. The maximum absolute atomic E-state index is 12.4. The van der Waals surface area contributed by atoms with Crippen LogP contribution in [-0.4, -0.2) is 57.5 Å². The summed E-state index contributed by atoms with van der Waals surface area (Å²) in [5.41, 5.74) is 1.19. The summed E-state index contributed by atoms with van der Waals surface area (Å²) in [5.74, 6) is -0.142. The molecule has 0 unspecified atom stereocenters. The Balaban J connectivity index is 4.47. The summed E-state index contributed by atoms with van der Waals surface area (Å²) >= 11 is 0. The zero-order valence-corrected chi connectivity index (χ0v) is 19.6. The topological polar surface area (TPSA) is 66.0 Å². The molecule has 0 saturated heterocycles. The lowest BCUT2D eigenvalue weighted by atomic mass is 10.5. The van der Waals surface area contributed by atoms with Crippen molar-refractivity contribution in [3.05, 3.63) is 0 Å². The van der Waals surface area contributed by atoms with Crippen LogP contribution >= 0.6 is 0 Å². The Morgan fingerprint density at radius 1 is 0.880 bits per heavy atom. The van der Waals surface area contributed by atoms with Gasteiger partial charge in [0.1, 0.15) is 0 Å². The number of hydrogen-bond acceptors (Lipinski definition) is 6. The van der Waals surface area contributed by atoms with E-state index in [0.29, 0.717) is 29.2 Å². The van der Waals surface area contributed by atoms with Crippen LogP contribution in [0.3, 0.4) is 0 Å². The van der Waals surface area contributed by atoms with Crippen molar-refractivity contribution in [2.24, 2.45) is 0 Å². The minimum absolute atomic E-state index is 0.142. The highest BCUT2D eigenvalue weighted by Crippen LogP contribution is 2.42. The van der Waals surface area contributed by atoms with Gasteiger partial charge in [-0.25, -0.2) is 0 Å². The van der Waals surface area contributed by atoms with Crippen LogP contribution in [0.2, 0.25) is 22.7 Å². The van der Waals surface area contributed by atoms with Crippen LogP contribution in [0.5, 0.6) is 0 Å². The fourth-order valence-corrected chi connectivity index (χ4v) is 10.7. The van der Waals surface area contributed by atoms with E-state index in [0.717, 1.165) is 6.42 Å². The van der Waals surface area contributed by atoms with E-state index in [-0.39, 0.29) is 12.5 Å². The lowest BCUT2D eigenvalue weighted by Gasteiger charge is -2.41. The van der Waals surface area contributed by atoms with Crippen LogP contribution in [0.15, 0.2) is 0 Å². The second-order valence-corrected chi connectivity index (χ2v) is 15.8. The molecule has 0 rings (SSSR count). The largest absolute Gasteiger partial charge is 0.517 e. The van der Waals surface area contributed by atoms with Crippen molar-refractivity contribution < 1.29 is 22.5 Å². The van der Waals surface area contributed by atoms with Gasteiger partial charge in [-0.3, -0.25) is 4.79 Å². The van der Waals surface area contributed by atoms with E-state index in [1.165, 1.54) is 0 Å². The summed E-state index contributed by atoms with van der Waals surface area (Å²) in [5, 5.41) is 3.17. The van der Waals surface area contributed by atoms with Gasteiger partial charge in [0.2, 0.25) is 0 Å². The number of rotatable bonds is 13. The van der Waals surface area contributed by atoms with Gasteiger partial charge in [0.05, 0.1) is 6.54 Å². The van der Waals surface area contributed by atoms with E-state index in [9.17, 15) is 4.79 Å². The first-order valence-corrected chi connectivity index (χ1v) is 13.3. The second kappa shape index (κ2) is 11.5. The molecule has 0 spiro atoms. The van der Waals surface area contributed by atoms with Gasteiger partial charge in [0.25, 0.3) is 8.32 Å². The molecule has 0 atom stereocenters. The van der Waals surface area contributed by atoms with E-state index < -0.39 is 17.1 Å². The molecule has 0 radical (unpaired) electrons. The Morgan fingerprint density at radius 2 is 1.32 bits per heavy atom. The molecule has 0 aliphatic rings. The molecule has 0 aromatic rings. The van der Waals surface area contributed by atoms with E-state index >= 15 is 0 Å². The van der Waals surface area contributed by atoms with Crippen molar-refractivity contribution in [2.45, 2.75) is 70.6 Å². The minimum Gasteiger partial charge on any atom is -0.517 e. The summed E-state index contributed by atoms with van der Waals surface area (Å²) in [6, 6.07) is 0.710. The Morgan fingerprint density at radius 3 is 1.68 bits per heavy atom. The van der Waals surface area contributed by atoms with Crippen LogP contribution in [-0.2, 0) is 22.5 Å². The second-order valence-electron chi connectivity index (χ2n) is 7.37. The minimum atomic E-state index is -2.53. The SMILES string of the molecule is CO[Si](CCCNCC(=O)O[Si](C(C)C)(C(C)C)C(C)C)(OC)OC. The van der Waals surface area contributed by atoms with E-state index in [4.69, 9.17) is 17.7 Å². The van der Waals surface area contributed by atoms with Crippen molar-refractivity contribution in [3.8, 4) is 0 Å². The summed E-state index contributed by atoms with van der Waals surface area (Å²) in [6.45, 7) is 14.0. The lowest BCUT2D eigenvalue weighted by Crippen LogP contribution is -2.50. The molecule has 1 N–H and O–H groups in total. The molecular weight excluding hydrogens is 354 g/mol. The smallest absolute Gasteiger partial charge is 0.500 e. The molecule has 0 amide bonds. The lowest BCUT2D eigenvalue weighted by molar-refractivity contribution is -0.134. The fraction of sp³-hybridized carbons (Fsp3) is 0.941. The fourth-order valence-electron chi connectivity index (χ4n) is 3.76. The van der Waals surface area contributed by atoms with Crippen molar-refractivity contribution in [1.29, 1.82) is 0 Å². The monoisotopic (exact) mass is 393 g/mol. The van der Waals surface area contributed by atoms with Crippen molar-refractivity contribution >= 4 is 23.1 Å². The predicted molar refractivity (Wildman–Crippen MR) is 106 cm³/mol. The zero-order valence-electron chi connectivity index (χ0n) is 17.6. The number of nitrogens with one attached hydrogen (secondary N) is 1. The molecule has 6 nitrogen and oxygen atoms in total. The first-order valence-electron chi connectivity index (χ1n) is 9.19. The molecule has 150 valence electrons. The molecular formula is C17H39NO5Si2. The highest BCUT2D eigenvalue weighted by atomic mass is 28.4. The van der Waals surface area contributed by atoms with Crippen molar-refractivity contribution in [2.75, 3.05) is 34.4 Å². The highest BCUT2D eigenvalue weighted by Gasteiger charge is 2.48. The Kier molecular flexibility index (Phi) is 11.3. The molecule has 0 saturated carbocycles. The van der Waals surface area contributed by atoms with E-state index in [1.54, 1.807) is 21.3 Å². The Labute approximate surface area is 156 Å². The number of carbonyl (C=O) groups excluding carboxylic acids is 1. The molecule has 8 heteroatoms. The van der Waals surface area contributed by atoms with Gasteiger partial charge in [0, 0.05) is 27.4 Å². The predicted octanol–water partition coefficient (Wildman–Crippen LogP) is 3.56. The number of hydrogen-bond donors (Lipinski definition) is 1. The highest BCUT2D eigenvalue weighted by molar-refractivity contribution is 6.78. The molecule has 0 fully saturated rings. The van der Waals surface area contributed by atoms with Gasteiger partial charge >= 0.3 is 14.8 Å². The van der Waals surface area contributed by atoms with Crippen LogP contribution in [0.4, 0.5) is 0 Å². The molecule has 0 aliphatic heterocycles. The third-order valence-electron chi connectivity index (χ3n) is 5.04. The normalized spacial score (nSPS) is 13.1. The van der Waals surface area contributed by atoms with Gasteiger partial charge < -0.3 is 23.0 Å². The maximum Gasteiger partial charge on any atom is 0.500 e. The molecule has 0 aromatic carbocycles. The molecule has 0 aromatic heterocycles. The standard InChI is InChI=1S/C17H39NO5Si2/c1-14(2)25(15(3)4,16(5)6)23-17(19)13-18-11-10-12-24(20-7,21-8)22-9/h14-16,18H,10-13H2,1-9H3. The summed E-state index contributed by atoms with van der Waals surface area (Å²) in [6.07, 6.45) is 0.816. The first kappa shape index (κ1) is 24.7. The maximum atomic E-state index is 12.4. The van der Waals surface area contributed by atoms with E-state index in [2.05, 4.69) is 46.9 Å². The third-order valence-corrected chi connectivity index (χ3v) is 13.9. The average Bonchev–Trinajstić information content (AvgIpc) is 2.55. The molecule has 25 heavy (non-hydrogen) atoms. The van der Waals surface area contributed by atoms with Crippen LogP contribution in [0.1, 0.15) is 48.0 Å². The van der Waals surface area contributed by atoms with Crippen LogP contribution < -0.4 is 5.32 Å². The third kappa shape index (κ3) is 6.76. The quantitative estimate of drug-likeness (QED) is 0.381. The van der Waals surface area contributed by atoms with E-state index in [1.807, 2.05) is 0 Å². The van der Waals surface area contributed by atoms with Crippen molar-refractivity contribution in [3.63, 3.8) is 0 Å². The van der Waals surface area contributed by atoms with Crippen molar-refractivity contribution in [1.82, 2.24) is 5.32 Å². The molecule has 0 aliphatic carbocycles. The van der Waals surface area contributed by atoms with Crippen LogP contribution in [0.25, 0.3) is 0 Å². The van der Waals surface area contributed by atoms with Gasteiger partial charge in [0.15, 0.2) is 0 Å². The van der Waals surface area contributed by atoms with Gasteiger partial charge in [-0.1, -0.05) is 41.5 Å².